The molecule has 0 radical (unpaired) electrons. The van der Waals surface area contributed by atoms with E-state index in [9.17, 15) is 4.39 Å². The lowest BCUT2D eigenvalue weighted by Crippen LogP contribution is -2.13. The van der Waals surface area contributed by atoms with E-state index in [0.717, 1.165) is 11.3 Å². The van der Waals surface area contributed by atoms with Crippen LogP contribution in [0.3, 0.4) is 0 Å². The Morgan fingerprint density at radius 1 is 1.43 bits per heavy atom. The van der Waals surface area contributed by atoms with E-state index < -0.39 is 0 Å². The fraction of sp³-hybridized carbons (Fsp3) is 0.455. The van der Waals surface area contributed by atoms with E-state index in [-0.39, 0.29) is 18.3 Å². The van der Waals surface area contributed by atoms with Crippen LogP contribution in [0.2, 0.25) is 0 Å². The number of rotatable bonds is 3. The van der Waals surface area contributed by atoms with Gasteiger partial charge in [0, 0.05) is 32.3 Å². The summed E-state index contributed by atoms with van der Waals surface area (Å²) in [4.78, 5) is 1.85. The first kappa shape index (κ1) is 11.0. The van der Waals surface area contributed by atoms with Crippen molar-refractivity contribution in [1.82, 2.24) is 0 Å². The summed E-state index contributed by atoms with van der Waals surface area (Å²) in [5.41, 5.74) is 1.80. The van der Waals surface area contributed by atoms with Crippen molar-refractivity contribution in [2.24, 2.45) is 0 Å². The zero-order valence-electron chi connectivity index (χ0n) is 8.79. The first-order chi connectivity index (χ1) is 6.56. The number of aliphatic hydroxyl groups is 1. The number of aliphatic hydroxyl groups excluding tert-OH is 1. The lowest BCUT2D eigenvalue weighted by atomic mass is 9.99. The van der Waals surface area contributed by atoms with Crippen LogP contribution >= 0.6 is 0 Å². The highest BCUT2D eigenvalue weighted by molar-refractivity contribution is 5.54. The molecule has 14 heavy (non-hydrogen) atoms. The lowest BCUT2D eigenvalue weighted by Gasteiger charge is -2.20. The summed E-state index contributed by atoms with van der Waals surface area (Å²) in [6.45, 7) is 1.99. The highest BCUT2D eigenvalue weighted by Crippen LogP contribution is 2.26. The molecule has 0 aliphatic heterocycles. The van der Waals surface area contributed by atoms with Gasteiger partial charge in [0.1, 0.15) is 5.82 Å². The predicted molar refractivity (Wildman–Crippen MR) is 56.2 cm³/mol. The van der Waals surface area contributed by atoms with E-state index in [4.69, 9.17) is 5.11 Å². The van der Waals surface area contributed by atoms with Gasteiger partial charge in [0.25, 0.3) is 0 Å². The van der Waals surface area contributed by atoms with Gasteiger partial charge in [-0.25, -0.2) is 4.39 Å². The Labute approximate surface area is 84.0 Å². The number of hydrogen-bond acceptors (Lipinski definition) is 2. The highest BCUT2D eigenvalue weighted by Gasteiger charge is 2.11. The largest absolute Gasteiger partial charge is 0.396 e. The van der Waals surface area contributed by atoms with Crippen LogP contribution in [0.15, 0.2) is 18.2 Å². The van der Waals surface area contributed by atoms with Crippen molar-refractivity contribution in [3.05, 3.63) is 29.6 Å². The zero-order chi connectivity index (χ0) is 10.7. The Bertz CT molecular complexity index is 312. The second-order valence-electron chi connectivity index (χ2n) is 3.68. The van der Waals surface area contributed by atoms with E-state index in [1.165, 1.54) is 12.1 Å². The molecule has 3 heteroatoms. The molecule has 0 bridgehead atoms. The molecule has 0 fully saturated rings. The first-order valence-electron chi connectivity index (χ1n) is 4.64. The maximum atomic E-state index is 13.0. The van der Waals surface area contributed by atoms with E-state index in [1.54, 1.807) is 6.07 Å². The van der Waals surface area contributed by atoms with Crippen molar-refractivity contribution in [1.29, 1.82) is 0 Å². The van der Waals surface area contributed by atoms with Crippen molar-refractivity contribution in [3.63, 3.8) is 0 Å². The van der Waals surface area contributed by atoms with E-state index in [2.05, 4.69) is 0 Å². The molecule has 1 aromatic carbocycles. The molecule has 0 aliphatic rings. The van der Waals surface area contributed by atoms with Gasteiger partial charge in [-0.15, -0.1) is 0 Å². The summed E-state index contributed by atoms with van der Waals surface area (Å²) in [6, 6.07) is 4.64. The van der Waals surface area contributed by atoms with Gasteiger partial charge in [-0.3, -0.25) is 0 Å². The Morgan fingerprint density at radius 3 is 2.57 bits per heavy atom. The van der Waals surface area contributed by atoms with Crippen molar-refractivity contribution < 1.29 is 9.50 Å². The van der Waals surface area contributed by atoms with E-state index in [1.807, 2.05) is 25.9 Å². The van der Waals surface area contributed by atoms with Crippen LogP contribution in [0.5, 0.6) is 0 Å². The summed E-state index contributed by atoms with van der Waals surface area (Å²) in [7, 11) is 3.73. The maximum absolute atomic E-state index is 13.0. The summed E-state index contributed by atoms with van der Waals surface area (Å²) >= 11 is 0. The Balaban J connectivity index is 3.14. The Hall–Kier alpha value is -1.09. The van der Waals surface area contributed by atoms with Gasteiger partial charge in [-0.1, -0.05) is 13.0 Å². The monoisotopic (exact) mass is 197 g/mol. The second-order valence-corrected chi connectivity index (χ2v) is 3.68. The molecular weight excluding hydrogens is 181 g/mol. The number of anilines is 1. The van der Waals surface area contributed by atoms with Crippen molar-refractivity contribution in [3.8, 4) is 0 Å². The molecule has 78 valence electrons. The number of nitrogens with zero attached hydrogens (tertiary/aromatic N) is 1. The van der Waals surface area contributed by atoms with Gasteiger partial charge in [0.05, 0.1) is 0 Å². The smallest absolute Gasteiger partial charge is 0.125 e. The van der Waals surface area contributed by atoms with Crippen LogP contribution in [-0.2, 0) is 0 Å². The average molecular weight is 197 g/mol. The van der Waals surface area contributed by atoms with Gasteiger partial charge < -0.3 is 10.0 Å². The molecule has 1 unspecified atom stereocenters. The van der Waals surface area contributed by atoms with Crippen LogP contribution in [0, 0.1) is 5.82 Å². The van der Waals surface area contributed by atoms with Gasteiger partial charge in [-0.2, -0.15) is 0 Å². The normalized spacial score (nSPS) is 12.6. The molecule has 1 rings (SSSR count). The minimum absolute atomic E-state index is 0.0352. The molecule has 0 aliphatic carbocycles. The minimum Gasteiger partial charge on any atom is -0.396 e. The molecule has 2 nitrogen and oxygen atoms in total. The summed E-state index contributed by atoms with van der Waals surface area (Å²) in [6.07, 6.45) is 0. The topological polar surface area (TPSA) is 23.5 Å². The predicted octanol–water partition coefficient (Wildman–Crippen LogP) is 1.99. The number of benzene rings is 1. The fourth-order valence-corrected chi connectivity index (χ4v) is 1.42. The van der Waals surface area contributed by atoms with Gasteiger partial charge in [-0.05, 0) is 17.7 Å². The zero-order valence-corrected chi connectivity index (χ0v) is 8.79. The molecule has 0 spiro atoms. The van der Waals surface area contributed by atoms with E-state index in [0.29, 0.717) is 0 Å². The van der Waals surface area contributed by atoms with E-state index >= 15 is 0 Å². The molecule has 1 atom stereocenters. The summed E-state index contributed by atoms with van der Waals surface area (Å²) < 4.78 is 13.0. The number of halogens is 1. The second kappa shape index (κ2) is 4.42. The fourth-order valence-electron chi connectivity index (χ4n) is 1.42. The molecule has 0 saturated carbocycles. The molecule has 1 aromatic rings. The summed E-state index contributed by atoms with van der Waals surface area (Å²) in [5.74, 6) is -0.212. The highest BCUT2D eigenvalue weighted by atomic mass is 19.1. The van der Waals surface area contributed by atoms with Crippen molar-refractivity contribution in [2.75, 3.05) is 25.6 Å². The molecule has 0 aromatic heterocycles. The molecule has 0 amide bonds. The van der Waals surface area contributed by atoms with Crippen LogP contribution in [0.4, 0.5) is 10.1 Å². The van der Waals surface area contributed by atoms with Crippen molar-refractivity contribution in [2.45, 2.75) is 12.8 Å². The Morgan fingerprint density at radius 2 is 2.07 bits per heavy atom. The lowest BCUT2D eigenvalue weighted by molar-refractivity contribution is 0.273. The van der Waals surface area contributed by atoms with Gasteiger partial charge in [0.15, 0.2) is 0 Å². The quantitative estimate of drug-likeness (QED) is 0.801. The van der Waals surface area contributed by atoms with Crippen LogP contribution < -0.4 is 4.90 Å². The third kappa shape index (κ3) is 2.23. The van der Waals surface area contributed by atoms with Crippen LogP contribution in [0.25, 0.3) is 0 Å². The Kier molecular flexibility index (Phi) is 3.47. The summed E-state index contributed by atoms with van der Waals surface area (Å²) in [5, 5.41) is 9.05. The third-order valence-electron chi connectivity index (χ3n) is 2.28. The first-order valence-corrected chi connectivity index (χ1v) is 4.64. The molecule has 0 heterocycles. The van der Waals surface area contributed by atoms with Gasteiger partial charge >= 0.3 is 0 Å². The van der Waals surface area contributed by atoms with Gasteiger partial charge in [0.2, 0.25) is 0 Å². The average Bonchev–Trinajstić information content (AvgIpc) is 2.16. The minimum atomic E-state index is -0.248. The molecule has 1 N–H and O–H groups in total. The molecular formula is C11H16FNO. The molecule has 0 saturated heterocycles. The SMILES string of the molecule is CC(CO)c1ccc(F)cc1N(C)C. The van der Waals surface area contributed by atoms with Crippen LogP contribution in [0.1, 0.15) is 18.4 Å². The van der Waals surface area contributed by atoms with Crippen LogP contribution in [-0.4, -0.2) is 25.8 Å². The number of hydrogen-bond donors (Lipinski definition) is 1. The standard InChI is InChI=1S/C11H16FNO/c1-8(7-14)10-5-4-9(12)6-11(10)13(2)3/h4-6,8,14H,7H2,1-3H3. The third-order valence-corrected chi connectivity index (χ3v) is 2.28. The maximum Gasteiger partial charge on any atom is 0.125 e. The van der Waals surface area contributed by atoms with Crippen molar-refractivity contribution >= 4 is 5.69 Å².